The summed E-state index contributed by atoms with van der Waals surface area (Å²) in [5, 5.41) is 5.95. The Kier molecular flexibility index (Phi) is 5.21. The molecule has 3 aromatic heterocycles. The summed E-state index contributed by atoms with van der Waals surface area (Å²) < 4.78 is 1.85. The predicted molar refractivity (Wildman–Crippen MR) is 97.7 cm³/mol. The van der Waals surface area contributed by atoms with Crippen LogP contribution < -0.4 is 10.6 Å². The van der Waals surface area contributed by atoms with Crippen LogP contribution in [0, 0.1) is 6.92 Å². The first-order chi connectivity index (χ1) is 11.7. The Bertz CT molecular complexity index is 849. The molecule has 0 saturated heterocycles. The predicted octanol–water partition coefficient (Wildman–Crippen LogP) is 2.95. The largest absolute Gasteiger partial charge is 0.368 e. The average molecular weight is 360 g/mol. The number of hydrogen-bond donors (Lipinski definition) is 2. The number of thiazole rings is 1. The lowest BCUT2D eigenvalue weighted by Crippen LogP contribution is -2.17. The second kappa shape index (κ2) is 7.54. The second-order valence-electron chi connectivity index (χ2n) is 5.00. The van der Waals surface area contributed by atoms with Crippen LogP contribution in [0.4, 0.5) is 11.6 Å². The standard InChI is InChI=1S/C15H16N6OS2/c1-9-3-4-10(17-7-9)20-11(22)5-6-16-13-12-14(19-8-18-13)21-15(23-2)24-12/h3-4,7-8H,5-6H2,1-2H3,(H,16,18,19)(H,17,20,22). The number of aryl methyl sites for hydroxylation is 1. The van der Waals surface area contributed by atoms with E-state index in [4.69, 9.17) is 0 Å². The highest BCUT2D eigenvalue weighted by atomic mass is 32.2. The van der Waals surface area contributed by atoms with Crippen LogP contribution in [0.25, 0.3) is 10.3 Å². The van der Waals surface area contributed by atoms with Gasteiger partial charge in [-0.1, -0.05) is 17.8 Å². The van der Waals surface area contributed by atoms with Crippen molar-refractivity contribution < 1.29 is 4.79 Å². The minimum Gasteiger partial charge on any atom is -0.368 e. The maximum absolute atomic E-state index is 12.0. The number of hydrogen-bond acceptors (Lipinski definition) is 8. The lowest BCUT2D eigenvalue weighted by Gasteiger charge is -2.07. The normalized spacial score (nSPS) is 10.8. The van der Waals surface area contributed by atoms with Gasteiger partial charge in [-0.15, -0.1) is 11.3 Å². The number of aromatic nitrogens is 4. The van der Waals surface area contributed by atoms with Gasteiger partial charge in [-0.3, -0.25) is 4.79 Å². The van der Waals surface area contributed by atoms with Crippen molar-refractivity contribution in [1.82, 2.24) is 19.9 Å². The molecule has 124 valence electrons. The third-order valence-corrected chi connectivity index (χ3v) is 5.21. The third kappa shape index (κ3) is 3.98. The first kappa shape index (κ1) is 16.6. The number of amides is 1. The topological polar surface area (TPSA) is 92.7 Å². The zero-order valence-electron chi connectivity index (χ0n) is 13.2. The van der Waals surface area contributed by atoms with Crippen molar-refractivity contribution in [3.05, 3.63) is 30.2 Å². The van der Waals surface area contributed by atoms with Gasteiger partial charge < -0.3 is 10.6 Å². The van der Waals surface area contributed by atoms with E-state index < -0.39 is 0 Å². The summed E-state index contributed by atoms with van der Waals surface area (Å²) in [6, 6.07) is 3.70. The van der Waals surface area contributed by atoms with Gasteiger partial charge in [-0.05, 0) is 24.8 Å². The number of nitrogens with zero attached hydrogens (tertiary/aromatic N) is 4. The van der Waals surface area contributed by atoms with Crippen molar-refractivity contribution >= 4 is 51.0 Å². The zero-order chi connectivity index (χ0) is 16.9. The van der Waals surface area contributed by atoms with Gasteiger partial charge in [0.1, 0.15) is 22.7 Å². The van der Waals surface area contributed by atoms with Gasteiger partial charge in [0.15, 0.2) is 9.99 Å². The molecule has 0 atom stereocenters. The molecule has 0 unspecified atom stereocenters. The van der Waals surface area contributed by atoms with Crippen molar-refractivity contribution in [2.24, 2.45) is 0 Å². The molecule has 2 N–H and O–H groups in total. The maximum atomic E-state index is 12.0. The molecule has 0 aromatic carbocycles. The van der Waals surface area contributed by atoms with Crippen molar-refractivity contribution in [2.45, 2.75) is 17.7 Å². The average Bonchev–Trinajstić information content (AvgIpc) is 3.01. The number of nitrogens with one attached hydrogen (secondary N) is 2. The SMILES string of the molecule is CSc1nc2ncnc(NCCC(=O)Nc3ccc(C)cn3)c2s1. The molecule has 0 saturated carbocycles. The van der Waals surface area contributed by atoms with Crippen LogP contribution >= 0.6 is 23.1 Å². The Morgan fingerprint density at radius 1 is 1.29 bits per heavy atom. The lowest BCUT2D eigenvalue weighted by molar-refractivity contribution is -0.116. The molecule has 0 aliphatic carbocycles. The van der Waals surface area contributed by atoms with Crippen LogP contribution in [0.3, 0.4) is 0 Å². The van der Waals surface area contributed by atoms with Crippen molar-refractivity contribution in [3.8, 4) is 0 Å². The van der Waals surface area contributed by atoms with Crippen LogP contribution in [0.1, 0.15) is 12.0 Å². The highest BCUT2D eigenvalue weighted by Crippen LogP contribution is 2.30. The van der Waals surface area contributed by atoms with Gasteiger partial charge in [0.05, 0.1) is 0 Å². The number of fused-ring (bicyclic) bond motifs is 1. The van der Waals surface area contributed by atoms with E-state index in [1.165, 1.54) is 6.33 Å². The minimum absolute atomic E-state index is 0.0988. The van der Waals surface area contributed by atoms with Crippen molar-refractivity contribution in [1.29, 1.82) is 0 Å². The molecule has 0 aliphatic heterocycles. The molecule has 0 fully saturated rings. The number of rotatable bonds is 6. The number of anilines is 2. The fraction of sp³-hybridized carbons (Fsp3) is 0.267. The van der Waals surface area contributed by atoms with Gasteiger partial charge >= 0.3 is 0 Å². The molecule has 3 rings (SSSR count). The van der Waals surface area contributed by atoms with Gasteiger partial charge in [0, 0.05) is 19.2 Å². The quantitative estimate of drug-likeness (QED) is 0.653. The van der Waals surface area contributed by atoms with Crippen LogP contribution in [0.2, 0.25) is 0 Å². The molecule has 0 bridgehead atoms. The highest BCUT2D eigenvalue weighted by molar-refractivity contribution is 8.00. The van der Waals surface area contributed by atoms with E-state index >= 15 is 0 Å². The van der Waals surface area contributed by atoms with E-state index in [2.05, 4.69) is 30.6 Å². The van der Waals surface area contributed by atoms with Crippen molar-refractivity contribution in [2.75, 3.05) is 23.4 Å². The third-order valence-electron chi connectivity index (χ3n) is 3.17. The number of pyridine rings is 1. The number of thioether (sulfide) groups is 1. The molecule has 9 heteroatoms. The smallest absolute Gasteiger partial charge is 0.227 e. The first-order valence-electron chi connectivity index (χ1n) is 7.27. The molecule has 0 radical (unpaired) electrons. The van der Waals surface area contributed by atoms with Crippen molar-refractivity contribution in [3.63, 3.8) is 0 Å². The van der Waals surface area contributed by atoms with Crippen LogP contribution in [0.5, 0.6) is 0 Å². The van der Waals surface area contributed by atoms with Crippen LogP contribution in [0.15, 0.2) is 29.0 Å². The fourth-order valence-electron chi connectivity index (χ4n) is 1.99. The van der Waals surface area contributed by atoms with Crippen LogP contribution in [-0.2, 0) is 4.79 Å². The van der Waals surface area contributed by atoms with Gasteiger partial charge in [0.2, 0.25) is 5.91 Å². The van der Waals surface area contributed by atoms with E-state index in [0.29, 0.717) is 30.2 Å². The maximum Gasteiger partial charge on any atom is 0.227 e. The Morgan fingerprint density at radius 3 is 2.92 bits per heavy atom. The summed E-state index contributed by atoms with van der Waals surface area (Å²) in [7, 11) is 0. The Balaban J connectivity index is 1.57. The van der Waals surface area contributed by atoms with Crippen LogP contribution in [-0.4, -0.2) is 38.6 Å². The van der Waals surface area contributed by atoms with Gasteiger partial charge in [-0.25, -0.2) is 19.9 Å². The Hall–Kier alpha value is -2.26. The van der Waals surface area contributed by atoms with E-state index in [1.54, 1.807) is 35.4 Å². The molecule has 1 amide bonds. The van der Waals surface area contributed by atoms with E-state index in [9.17, 15) is 4.79 Å². The molecule has 0 aliphatic rings. The zero-order valence-corrected chi connectivity index (χ0v) is 14.9. The highest BCUT2D eigenvalue weighted by Gasteiger charge is 2.10. The van der Waals surface area contributed by atoms with E-state index in [1.807, 2.05) is 19.2 Å². The summed E-state index contributed by atoms with van der Waals surface area (Å²) in [5.41, 5.74) is 1.73. The summed E-state index contributed by atoms with van der Waals surface area (Å²) in [4.78, 5) is 28.9. The molecule has 3 aromatic rings. The summed E-state index contributed by atoms with van der Waals surface area (Å²) >= 11 is 3.12. The monoisotopic (exact) mass is 360 g/mol. The molecule has 3 heterocycles. The number of carbonyl (C=O) groups excluding carboxylic acids is 1. The lowest BCUT2D eigenvalue weighted by atomic mass is 10.3. The molecule has 7 nitrogen and oxygen atoms in total. The fourth-order valence-corrected chi connectivity index (χ4v) is 3.47. The molecular weight excluding hydrogens is 344 g/mol. The minimum atomic E-state index is -0.0988. The van der Waals surface area contributed by atoms with Gasteiger partial charge in [0.25, 0.3) is 0 Å². The summed E-state index contributed by atoms with van der Waals surface area (Å²) in [6.45, 7) is 2.42. The Morgan fingerprint density at radius 2 is 2.17 bits per heavy atom. The molecule has 24 heavy (non-hydrogen) atoms. The summed E-state index contributed by atoms with van der Waals surface area (Å²) in [6.07, 6.45) is 5.49. The van der Waals surface area contributed by atoms with E-state index in [-0.39, 0.29) is 5.91 Å². The number of carbonyl (C=O) groups is 1. The molecular formula is C15H16N6OS2. The van der Waals surface area contributed by atoms with E-state index in [0.717, 1.165) is 14.6 Å². The Labute approximate surface area is 147 Å². The second-order valence-corrected chi connectivity index (χ2v) is 7.06. The summed E-state index contributed by atoms with van der Waals surface area (Å²) in [5.74, 6) is 1.17. The van der Waals surface area contributed by atoms with Gasteiger partial charge in [-0.2, -0.15) is 0 Å². The molecule has 0 spiro atoms. The first-order valence-corrected chi connectivity index (χ1v) is 9.32.